The molecule has 0 unspecified atom stereocenters. The predicted octanol–water partition coefficient (Wildman–Crippen LogP) is 7.11. The number of rotatable bonds is 7. The van der Waals surface area contributed by atoms with Crippen LogP contribution in [-0.4, -0.2) is 40.6 Å². The highest BCUT2D eigenvalue weighted by molar-refractivity contribution is 6.30. The molecule has 9 nitrogen and oxygen atoms in total. The van der Waals surface area contributed by atoms with Gasteiger partial charge in [-0.25, -0.2) is 4.79 Å². The zero-order chi connectivity index (χ0) is 31.2. The number of aryl methyl sites for hydroxylation is 1. The Labute approximate surface area is 255 Å². The summed E-state index contributed by atoms with van der Waals surface area (Å²) in [6.45, 7) is 10.4. The van der Waals surface area contributed by atoms with Crippen molar-refractivity contribution in [2.45, 2.75) is 59.3 Å². The van der Waals surface area contributed by atoms with Gasteiger partial charge in [0.1, 0.15) is 0 Å². The molecule has 0 aliphatic carbocycles. The fourth-order valence-electron chi connectivity index (χ4n) is 5.98. The zero-order valence-corrected chi connectivity index (χ0v) is 25.8. The number of carbonyl (C=O) groups is 2. The number of halogens is 1. The summed E-state index contributed by atoms with van der Waals surface area (Å²) in [5.74, 6) is -0.843. The van der Waals surface area contributed by atoms with Crippen molar-refractivity contribution in [1.29, 1.82) is 0 Å². The summed E-state index contributed by atoms with van der Waals surface area (Å²) in [7, 11) is 1.32. The minimum atomic E-state index is -1.10. The van der Waals surface area contributed by atoms with E-state index in [1.165, 1.54) is 13.2 Å². The second-order valence-electron chi connectivity index (χ2n) is 11.7. The van der Waals surface area contributed by atoms with Crippen LogP contribution in [0.3, 0.4) is 0 Å². The zero-order valence-electron chi connectivity index (χ0n) is 25.1. The molecule has 0 saturated carbocycles. The van der Waals surface area contributed by atoms with Crippen molar-refractivity contribution < 1.29 is 24.0 Å². The lowest BCUT2D eigenvalue weighted by Gasteiger charge is -2.35. The lowest BCUT2D eigenvalue weighted by atomic mass is 9.87. The molecule has 0 spiro atoms. The number of anilines is 1. The van der Waals surface area contributed by atoms with Crippen molar-refractivity contribution in [3.05, 3.63) is 92.1 Å². The normalized spacial score (nSPS) is 13.7. The standard InChI is InChI=1S/C33H34ClN3O6/c1-19-17-24-28(21-11-13-23(34)14-12-21)27(31(32(39)42-6)43-33(3,4)5)20(2)29-30(24)35(19)15-16-36(29)26(38)18-22-9-7-8-10-25(22)37(40)41/h7-14,17,31H,15-16,18H2,1-6H3/t31-/m0/s1. The first kappa shape index (κ1) is 30.3. The largest absolute Gasteiger partial charge is 0.467 e. The molecule has 0 fully saturated rings. The smallest absolute Gasteiger partial charge is 0.339 e. The fraction of sp³-hybridized carbons (Fsp3) is 0.333. The first-order valence-electron chi connectivity index (χ1n) is 14.0. The van der Waals surface area contributed by atoms with Crippen LogP contribution in [0.5, 0.6) is 0 Å². The monoisotopic (exact) mass is 603 g/mol. The third kappa shape index (κ3) is 5.62. The average molecular weight is 604 g/mol. The van der Waals surface area contributed by atoms with Crippen molar-refractivity contribution in [1.82, 2.24) is 4.57 Å². The first-order chi connectivity index (χ1) is 20.3. The van der Waals surface area contributed by atoms with Crippen LogP contribution in [-0.2, 0) is 32.0 Å². The molecule has 1 amide bonds. The number of nitro benzene ring substituents is 1. The first-order valence-corrected chi connectivity index (χ1v) is 14.4. The molecule has 0 radical (unpaired) electrons. The van der Waals surface area contributed by atoms with Crippen LogP contribution in [0.2, 0.25) is 5.02 Å². The molecule has 0 bridgehead atoms. The molecule has 4 aromatic rings. The summed E-state index contributed by atoms with van der Waals surface area (Å²) < 4.78 is 13.8. The van der Waals surface area contributed by atoms with Crippen LogP contribution < -0.4 is 4.90 Å². The van der Waals surface area contributed by atoms with Gasteiger partial charge in [0.25, 0.3) is 5.69 Å². The molecule has 1 aliphatic heterocycles. The Bertz CT molecular complexity index is 1750. The number of nitrogens with zero attached hydrogens (tertiary/aromatic N) is 3. The van der Waals surface area contributed by atoms with E-state index in [0.29, 0.717) is 40.5 Å². The highest BCUT2D eigenvalue weighted by atomic mass is 35.5. The number of benzene rings is 3. The molecule has 0 saturated heterocycles. The molecule has 10 heteroatoms. The minimum Gasteiger partial charge on any atom is -0.467 e. The maximum atomic E-state index is 14.0. The molecule has 0 N–H and O–H groups in total. The maximum Gasteiger partial charge on any atom is 0.339 e. The van der Waals surface area contributed by atoms with E-state index < -0.39 is 22.6 Å². The molecular weight excluding hydrogens is 570 g/mol. The van der Waals surface area contributed by atoms with Crippen molar-refractivity contribution in [3.63, 3.8) is 0 Å². The van der Waals surface area contributed by atoms with Crippen molar-refractivity contribution >= 4 is 45.8 Å². The van der Waals surface area contributed by atoms with E-state index in [-0.39, 0.29) is 18.0 Å². The number of para-hydroxylation sites is 1. The van der Waals surface area contributed by atoms with Gasteiger partial charge in [-0.3, -0.25) is 14.9 Å². The number of esters is 1. The number of amides is 1. The van der Waals surface area contributed by atoms with Gasteiger partial charge in [-0.15, -0.1) is 0 Å². The van der Waals surface area contributed by atoms with E-state index in [1.54, 1.807) is 35.2 Å². The fourth-order valence-corrected chi connectivity index (χ4v) is 6.10. The molecule has 3 aromatic carbocycles. The van der Waals surface area contributed by atoms with Crippen LogP contribution in [0, 0.1) is 24.0 Å². The number of methoxy groups -OCH3 is 1. The van der Waals surface area contributed by atoms with E-state index in [9.17, 15) is 19.7 Å². The molecule has 5 rings (SSSR count). The summed E-state index contributed by atoms with van der Waals surface area (Å²) in [4.78, 5) is 40.3. The Morgan fingerprint density at radius 2 is 1.74 bits per heavy atom. The van der Waals surface area contributed by atoms with Crippen LogP contribution in [0.4, 0.5) is 11.4 Å². The van der Waals surface area contributed by atoms with E-state index in [0.717, 1.165) is 27.7 Å². The van der Waals surface area contributed by atoms with Gasteiger partial charge in [0.05, 0.1) is 35.3 Å². The molecule has 224 valence electrons. The number of ether oxygens (including phenoxy) is 2. The average Bonchev–Trinajstić information content (AvgIpc) is 3.29. The second-order valence-corrected chi connectivity index (χ2v) is 12.1. The van der Waals surface area contributed by atoms with Crippen molar-refractivity contribution in [2.75, 3.05) is 18.6 Å². The van der Waals surface area contributed by atoms with Crippen molar-refractivity contribution in [3.8, 4) is 11.1 Å². The summed E-state index contributed by atoms with van der Waals surface area (Å²) in [5, 5.41) is 13.1. The van der Waals surface area contributed by atoms with E-state index in [1.807, 2.05) is 46.8 Å². The van der Waals surface area contributed by atoms with Crippen LogP contribution in [0.15, 0.2) is 54.6 Å². The van der Waals surface area contributed by atoms with Gasteiger partial charge in [0.15, 0.2) is 6.10 Å². The summed E-state index contributed by atoms with van der Waals surface area (Å²) >= 11 is 6.26. The Hall–Kier alpha value is -4.21. The van der Waals surface area contributed by atoms with Crippen LogP contribution in [0.1, 0.15) is 49.3 Å². The van der Waals surface area contributed by atoms with Gasteiger partial charge in [0.2, 0.25) is 5.91 Å². The number of carbonyl (C=O) groups excluding carboxylic acids is 2. The maximum absolute atomic E-state index is 14.0. The van der Waals surface area contributed by atoms with Crippen molar-refractivity contribution in [2.24, 2.45) is 0 Å². The molecule has 1 atom stereocenters. The third-order valence-corrected chi connectivity index (χ3v) is 8.01. The lowest BCUT2D eigenvalue weighted by Crippen LogP contribution is -2.39. The molecular formula is C33H34ClN3O6. The third-order valence-electron chi connectivity index (χ3n) is 7.76. The molecule has 1 aliphatic rings. The number of hydrogen-bond acceptors (Lipinski definition) is 6. The van der Waals surface area contributed by atoms with Gasteiger partial charge in [-0.2, -0.15) is 0 Å². The van der Waals surface area contributed by atoms with Crippen LogP contribution in [0.25, 0.3) is 22.0 Å². The summed E-state index contributed by atoms with van der Waals surface area (Å²) in [6, 6.07) is 15.7. The Morgan fingerprint density at radius 3 is 2.37 bits per heavy atom. The van der Waals surface area contributed by atoms with E-state index >= 15 is 0 Å². The molecule has 1 aromatic heterocycles. The van der Waals surface area contributed by atoms with Gasteiger partial charge in [0, 0.05) is 46.4 Å². The highest BCUT2D eigenvalue weighted by Gasteiger charge is 2.38. The minimum absolute atomic E-state index is 0.0999. The van der Waals surface area contributed by atoms with Crippen LogP contribution >= 0.6 is 11.6 Å². The SMILES string of the molecule is COC(=O)[C@@H](OC(C)(C)C)c1c(C)c2c3c(cc(C)n3CCN2C(=O)Cc2ccccc2[N+](=O)[O-])c1-c1ccc(Cl)cc1. The number of hydrogen-bond donors (Lipinski definition) is 0. The van der Waals surface area contributed by atoms with Gasteiger partial charge in [-0.1, -0.05) is 41.9 Å². The second kappa shape index (κ2) is 11.5. The summed E-state index contributed by atoms with van der Waals surface area (Å²) in [5.41, 5.74) is 4.94. The number of aromatic nitrogens is 1. The Morgan fingerprint density at radius 1 is 1.07 bits per heavy atom. The van der Waals surface area contributed by atoms with Gasteiger partial charge < -0.3 is 18.9 Å². The molecule has 43 heavy (non-hydrogen) atoms. The highest BCUT2D eigenvalue weighted by Crippen LogP contribution is 2.48. The summed E-state index contributed by atoms with van der Waals surface area (Å²) in [6.07, 6.45) is -1.25. The van der Waals surface area contributed by atoms with E-state index in [2.05, 4.69) is 10.6 Å². The van der Waals surface area contributed by atoms with Gasteiger partial charge >= 0.3 is 5.97 Å². The lowest BCUT2D eigenvalue weighted by molar-refractivity contribution is -0.385. The molecule has 2 heterocycles. The van der Waals surface area contributed by atoms with E-state index in [4.69, 9.17) is 21.1 Å². The number of nitro groups is 1. The Kier molecular flexibility index (Phi) is 8.07. The topological polar surface area (TPSA) is 104 Å². The Balaban J connectivity index is 1.80. The predicted molar refractivity (Wildman–Crippen MR) is 167 cm³/mol. The van der Waals surface area contributed by atoms with Gasteiger partial charge in [-0.05, 0) is 69.5 Å². The quantitative estimate of drug-likeness (QED) is 0.127.